The number of alkyl halides is 1. The molecule has 3 N–H and O–H groups in total. The molecule has 202 valence electrons. The number of H-pyrrole nitrogens is 1. The SMILES string of the molecule is C=CCCOC(=O)[C@H](C)NP(=O)(OCC1OC(n2ccc(=O)[nH]c2=O)[C@](C)(F)[C@@H]1O)Oc1ccccc1. The average molecular weight is 541 g/mol. The van der Waals surface area contributed by atoms with Crippen LogP contribution in [0.25, 0.3) is 0 Å². The van der Waals surface area contributed by atoms with Crippen LogP contribution in [0.2, 0.25) is 0 Å². The van der Waals surface area contributed by atoms with Crippen molar-refractivity contribution < 1.29 is 37.4 Å². The number of aromatic amines is 1. The van der Waals surface area contributed by atoms with Crippen molar-refractivity contribution in [2.24, 2.45) is 0 Å². The third kappa shape index (κ3) is 7.02. The molecule has 2 heterocycles. The Balaban J connectivity index is 1.77. The summed E-state index contributed by atoms with van der Waals surface area (Å²) in [5.41, 5.74) is -4.13. The molecule has 0 radical (unpaired) electrons. The van der Waals surface area contributed by atoms with Gasteiger partial charge in [0.2, 0.25) is 0 Å². The molecule has 1 aliphatic heterocycles. The number of carbonyl (C=O) groups is 1. The van der Waals surface area contributed by atoms with Crippen molar-refractivity contribution in [2.75, 3.05) is 13.2 Å². The lowest BCUT2D eigenvalue weighted by molar-refractivity contribution is -0.145. The molecule has 1 aromatic heterocycles. The number of aromatic nitrogens is 2. The highest BCUT2D eigenvalue weighted by Crippen LogP contribution is 2.47. The van der Waals surface area contributed by atoms with E-state index in [0.29, 0.717) is 6.42 Å². The maximum absolute atomic E-state index is 15.4. The topological polar surface area (TPSA) is 158 Å². The number of hydrogen-bond donors (Lipinski definition) is 3. The molecule has 0 amide bonds. The fraction of sp³-hybridized carbons (Fsp3) is 0.435. The molecule has 6 atom stereocenters. The van der Waals surface area contributed by atoms with Gasteiger partial charge in [-0.2, -0.15) is 5.09 Å². The Morgan fingerprint density at radius 3 is 2.73 bits per heavy atom. The third-order valence-corrected chi connectivity index (χ3v) is 7.11. The zero-order chi connectivity index (χ0) is 27.2. The van der Waals surface area contributed by atoms with Gasteiger partial charge in [0, 0.05) is 12.3 Å². The highest BCUT2D eigenvalue weighted by Gasteiger charge is 2.55. The van der Waals surface area contributed by atoms with Gasteiger partial charge >= 0.3 is 19.4 Å². The first-order valence-electron chi connectivity index (χ1n) is 11.4. The number of nitrogens with zero attached hydrogens (tertiary/aromatic N) is 1. The standard InChI is InChI=1S/C23H29FN3O9P/c1-4-5-13-33-20(30)15(2)26-37(32,36-16-9-7-6-8-10-16)34-14-17-19(29)23(3,24)21(35-17)27-12-11-18(28)25-22(27)31/h4,6-12,15,17,19,21,29H,1,5,13-14H2,2-3H3,(H,26,32)(H,25,28,31)/t15-,17?,19+,21?,23+,37?/m0/s1. The van der Waals surface area contributed by atoms with Crippen LogP contribution in [0.5, 0.6) is 5.75 Å². The second-order valence-corrected chi connectivity index (χ2v) is 10.1. The molecule has 1 saturated heterocycles. The van der Waals surface area contributed by atoms with Crippen molar-refractivity contribution in [1.29, 1.82) is 0 Å². The molecule has 1 aliphatic rings. The van der Waals surface area contributed by atoms with E-state index in [1.54, 1.807) is 24.3 Å². The predicted molar refractivity (Wildman–Crippen MR) is 130 cm³/mol. The van der Waals surface area contributed by atoms with Crippen molar-refractivity contribution in [3.63, 3.8) is 0 Å². The first-order valence-corrected chi connectivity index (χ1v) is 12.9. The summed E-state index contributed by atoms with van der Waals surface area (Å²) in [5.74, 6) is -0.584. The van der Waals surface area contributed by atoms with Gasteiger partial charge in [-0.3, -0.25) is 23.7 Å². The summed E-state index contributed by atoms with van der Waals surface area (Å²) in [7, 11) is -4.32. The number of aliphatic hydroxyl groups excluding tert-OH is 1. The monoisotopic (exact) mass is 541 g/mol. The summed E-state index contributed by atoms with van der Waals surface area (Å²) >= 11 is 0. The van der Waals surface area contributed by atoms with Gasteiger partial charge in [0.1, 0.15) is 24.0 Å². The molecule has 0 bridgehead atoms. The van der Waals surface area contributed by atoms with E-state index in [2.05, 4.69) is 11.7 Å². The third-order valence-electron chi connectivity index (χ3n) is 5.47. The van der Waals surface area contributed by atoms with Gasteiger partial charge < -0.3 is 19.1 Å². The second kappa shape index (κ2) is 12.0. The first-order chi connectivity index (χ1) is 17.5. The summed E-state index contributed by atoms with van der Waals surface area (Å²) in [6.07, 6.45) is -1.82. The Morgan fingerprint density at radius 2 is 2.08 bits per heavy atom. The molecule has 2 aromatic rings. The zero-order valence-electron chi connectivity index (χ0n) is 20.2. The van der Waals surface area contributed by atoms with E-state index in [1.165, 1.54) is 19.1 Å². The number of aliphatic hydroxyl groups is 1. The Kier molecular flexibility index (Phi) is 9.21. The van der Waals surface area contributed by atoms with Crippen LogP contribution in [0.3, 0.4) is 0 Å². The molecule has 1 aromatic carbocycles. The van der Waals surface area contributed by atoms with E-state index in [4.69, 9.17) is 18.5 Å². The van der Waals surface area contributed by atoms with Crippen LogP contribution in [0.15, 0.2) is 64.8 Å². The number of ether oxygens (including phenoxy) is 2. The first kappa shape index (κ1) is 28.5. The van der Waals surface area contributed by atoms with Crippen molar-refractivity contribution in [3.05, 3.63) is 76.1 Å². The quantitative estimate of drug-likeness (QED) is 0.157. The number of nitrogens with one attached hydrogen (secondary N) is 2. The molecular formula is C23H29FN3O9P. The summed E-state index contributed by atoms with van der Waals surface area (Å²) in [6.45, 7) is 5.36. The number of esters is 1. The molecular weight excluding hydrogens is 512 g/mol. The molecule has 0 aliphatic carbocycles. The fourth-order valence-electron chi connectivity index (χ4n) is 3.50. The van der Waals surface area contributed by atoms with Gasteiger partial charge in [0.15, 0.2) is 11.9 Å². The minimum absolute atomic E-state index is 0.0712. The zero-order valence-corrected chi connectivity index (χ0v) is 21.1. The lowest BCUT2D eigenvalue weighted by Crippen LogP contribution is -2.43. The smallest absolute Gasteiger partial charge is 0.459 e. The Hall–Kier alpha value is -3.09. The number of benzene rings is 1. The molecule has 1 fully saturated rings. The highest BCUT2D eigenvalue weighted by molar-refractivity contribution is 7.52. The normalized spacial score (nSPS) is 25.7. The minimum Gasteiger partial charge on any atom is -0.464 e. The number of hydrogen-bond acceptors (Lipinski definition) is 9. The maximum Gasteiger partial charge on any atom is 0.459 e. The summed E-state index contributed by atoms with van der Waals surface area (Å²) in [6, 6.07) is 7.82. The number of carbonyl (C=O) groups excluding carboxylic acids is 1. The lowest BCUT2D eigenvalue weighted by atomic mass is 9.98. The molecule has 37 heavy (non-hydrogen) atoms. The van der Waals surface area contributed by atoms with Gasteiger partial charge in [0.05, 0.1) is 13.2 Å². The van der Waals surface area contributed by atoms with Gasteiger partial charge in [-0.25, -0.2) is 13.8 Å². The fourth-order valence-corrected chi connectivity index (χ4v) is 5.00. The molecule has 12 nitrogen and oxygen atoms in total. The Morgan fingerprint density at radius 1 is 1.38 bits per heavy atom. The van der Waals surface area contributed by atoms with Crippen molar-refractivity contribution >= 4 is 13.7 Å². The Labute approximate surface area is 211 Å². The van der Waals surface area contributed by atoms with E-state index in [-0.39, 0.29) is 12.4 Å². The van der Waals surface area contributed by atoms with Gasteiger partial charge in [-0.1, -0.05) is 24.3 Å². The summed E-state index contributed by atoms with van der Waals surface area (Å²) in [5, 5.41) is 13.0. The van der Waals surface area contributed by atoms with Crippen molar-refractivity contribution in [3.8, 4) is 5.75 Å². The van der Waals surface area contributed by atoms with Crippen LogP contribution in [-0.4, -0.2) is 57.8 Å². The molecule has 3 unspecified atom stereocenters. The van der Waals surface area contributed by atoms with Crippen molar-refractivity contribution in [1.82, 2.24) is 14.6 Å². The maximum atomic E-state index is 15.4. The van der Waals surface area contributed by atoms with Crippen LogP contribution in [0.1, 0.15) is 26.5 Å². The minimum atomic E-state index is -4.32. The molecule has 14 heteroatoms. The van der Waals surface area contributed by atoms with E-state index >= 15 is 4.39 Å². The van der Waals surface area contributed by atoms with Crippen LogP contribution in [0.4, 0.5) is 4.39 Å². The molecule has 3 rings (SSSR count). The van der Waals surface area contributed by atoms with Gasteiger partial charge in [0.25, 0.3) is 5.56 Å². The lowest BCUT2D eigenvalue weighted by Gasteiger charge is -2.25. The van der Waals surface area contributed by atoms with Gasteiger partial charge in [-0.05, 0) is 32.4 Å². The van der Waals surface area contributed by atoms with E-state index in [0.717, 1.165) is 23.8 Å². The molecule has 0 spiro atoms. The van der Waals surface area contributed by atoms with Crippen LogP contribution >= 0.6 is 7.75 Å². The number of rotatable bonds is 12. The molecule has 0 saturated carbocycles. The van der Waals surface area contributed by atoms with Crippen LogP contribution in [-0.2, 0) is 23.4 Å². The Bertz CT molecular complexity index is 1250. The van der Waals surface area contributed by atoms with E-state index < -0.39 is 61.7 Å². The summed E-state index contributed by atoms with van der Waals surface area (Å²) < 4.78 is 51.4. The van der Waals surface area contributed by atoms with Crippen LogP contribution in [0, 0.1) is 0 Å². The van der Waals surface area contributed by atoms with Crippen molar-refractivity contribution in [2.45, 2.75) is 50.4 Å². The summed E-state index contributed by atoms with van der Waals surface area (Å²) in [4.78, 5) is 37.8. The largest absolute Gasteiger partial charge is 0.464 e. The number of halogens is 1. The number of para-hydroxylation sites is 1. The predicted octanol–water partition coefficient (Wildman–Crippen LogP) is 1.82. The highest BCUT2D eigenvalue weighted by atomic mass is 31.2. The van der Waals surface area contributed by atoms with Crippen LogP contribution < -0.4 is 20.9 Å². The van der Waals surface area contributed by atoms with Gasteiger partial charge in [-0.15, -0.1) is 6.58 Å². The second-order valence-electron chi connectivity index (χ2n) is 8.43. The van der Waals surface area contributed by atoms with E-state index in [1.807, 2.05) is 4.98 Å². The van der Waals surface area contributed by atoms with E-state index in [9.17, 15) is 24.1 Å². The average Bonchev–Trinajstić information content (AvgIpc) is 3.07.